The molecule has 1 aliphatic rings. The number of hydrogen-bond acceptors (Lipinski definition) is 3. The summed E-state index contributed by atoms with van der Waals surface area (Å²) in [7, 11) is 0. The average molecular weight is 510 g/mol. The van der Waals surface area contributed by atoms with Gasteiger partial charge in [-0.15, -0.1) is 0 Å². The lowest BCUT2D eigenvalue weighted by atomic mass is 9.88. The first kappa shape index (κ1) is 20.9. The Kier molecular flexibility index (Phi) is 7.50. The number of hydrogen-bond donors (Lipinski definition) is 2. The van der Waals surface area contributed by atoms with Crippen molar-refractivity contribution in [3.05, 3.63) is 51.4 Å². The first-order valence-electron chi connectivity index (χ1n) is 9.30. The van der Waals surface area contributed by atoms with Gasteiger partial charge in [0.05, 0.1) is 4.47 Å². The van der Waals surface area contributed by atoms with Crippen molar-refractivity contribution in [2.75, 3.05) is 17.2 Å². The molecule has 0 spiro atoms. The molecule has 0 saturated heterocycles. The normalized spacial score (nSPS) is 14.4. The summed E-state index contributed by atoms with van der Waals surface area (Å²) in [6.45, 7) is -0.112. The number of amides is 2. The lowest BCUT2D eigenvalue weighted by Crippen LogP contribution is -2.25. The van der Waals surface area contributed by atoms with E-state index in [0.717, 1.165) is 34.6 Å². The lowest BCUT2D eigenvalue weighted by Gasteiger charge is -2.20. The van der Waals surface area contributed by atoms with Crippen LogP contribution in [0.3, 0.4) is 0 Å². The smallest absolute Gasteiger partial charge is 0.262 e. The Labute approximate surface area is 181 Å². The zero-order valence-electron chi connectivity index (χ0n) is 15.3. The third-order valence-electron chi connectivity index (χ3n) is 4.64. The fourth-order valence-electron chi connectivity index (χ4n) is 3.22. The van der Waals surface area contributed by atoms with Gasteiger partial charge in [0, 0.05) is 21.8 Å². The van der Waals surface area contributed by atoms with Gasteiger partial charge in [-0.25, -0.2) is 0 Å². The first-order chi connectivity index (χ1) is 13.5. The second-order valence-electron chi connectivity index (χ2n) is 6.82. The summed E-state index contributed by atoms with van der Waals surface area (Å²) < 4.78 is 7.24. The fraction of sp³-hybridized carbons (Fsp3) is 0.333. The maximum atomic E-state index is 12.4. The molecule has 2 N–H and O–H groups in total. The van der Waals surface area contributed by atoms with Crippen molar-refractivity contribution in [3.8, 4) is 5.75 Å². The summed E-state index contributed by atoms with van der Waals surface area (Å²) in [4.78, 5) is 24.6. The van der Waals surface area contributed by atoms with E-state index in [4.69, 9.17) is 4.74 Å². The van der Waals surface area contributed by atoms with Gasteiger partial charge in [-0.05, 0) is 65.2 Å². The number of rotatable bonds is 6. The third-order valence-corrected chi connectivity index (χ3v) is 5.76. The van der Waals surface area contributed by atoms with E-state index < -0.39 is 0 Å². The molecule has 0 aromatic heterocycles. The lowest BCUT2D eigenvalue weighted by molar-refractivity contribution is -0.120. The van der Waals surface area contributed by atoms with E-state index in [1.165, 1.54) is 6.42 Å². The molecule has 7 heteroatoms. The summed E-state index contributed by atoms with van der Waals surface area (Å²) in [6.07, 6.45) is 5.34. The van der Waals surface area contributed by atoms with E-state index in [2.05, 4.69) is 42.5 Å². The highest BCUT2D eigenvalue weighted by Crippen LogP contribution is 2.28. The van der Waals surface area contributed by atoms with Crippen molar-refractivity contribution < 1.29 is 14.3 Å². The average Bonchev–Trinajstić information content (AvgIpc) is 2.68. The number of nitrogens with one attached hydrogen (secondary N) is 2. The molecule has 0 atom stereocenters. The zero-order chi connectivity index (χ0) is 19.9. The maximum Gasteiger partial charge on any atom is 0.262 e. The van der Waals surface area contributed by atoms with Crippen molar-refractivity contribution in [1.29, 1.82) is 0 Å². The van der Waals surface area contributed by atoms with Gasteiger partial charge in [-0.3, -0.25) is 9.59 Å². The van der Waals surface area contributed by atoms with E-state index in [-0.39, 0.29) is 24.3 Å². The Morgan fingerprint density at radius 3 is 2.39 bits per heavy atom. The molecule has 0 aliphatic heterocycles. The summed E-state index contributed by atoms with van der Waals surface area (Å²) in [6, 6.07) is 12.6. The fourth-order valence-corrected chi connectivity index (χ4v) is 4.38. The van der Waals surface area contributed by atoms with Gasteiger partial charge in [0.25, 0.3) is 5.91 Å². The van der Waals surface area contributed by atoms with E-state index in [9.17, 15) is 9.59 Å². The van der Waals surface area contributed by atoms with E-state index >= 15 is 0 Å². The van der Waals surface area contributed by atoms with E-state index in [0.29, 0.717) is 17.1 Å². The number of halogens is 2. The molecule has 5 nitrogen and oxygen atoms in total. The van der Waals surface area contributed by atoms with Crippen LogP contribution in [0.2, 0.25) is 0 Å². The number of carbonyl (C=O) groups excluding carboxylic acids is 2. The quantitative estimate of drug-likeness (QED) is 0.521. The molecule has 0 radical (unpaired) electrons. The Morgan fingerprint density at radius 2 is 1.68 bits per heavy atom. The maximum absolute atomic E-state index is 12.4. The monoisotopic (exact) mass is 508 g/mol. The van der Waals surface area contributed by atoms with Crippen LogP contribution in [-0.4, -0.2) is 18.4 Å². The first-order valence-corrected chi connectivity index (χ1v) is 10.9. The van der Waals surface area contributed by atoms with Crippen LogP contribution < -0.4 is 15.4 Å². The van der Waals surface area contributed by atoms with Crippen molar-refractivity contribution in [3.63, 3.8) is 0 Å². The van der Waals surface area contributed by atoms with Crippen LogP contribution in [0.4, 0.5) is 11.4 Å². The summed E-state index contributed by atoms with van der Waals surface area (Å²) >= 11 is 6.78. The molecule has 2 aromatic carbocycles. The van der Waals surface area contributed by atoms with Gasteiger partial charge in [0.15, 0.2) is 6.61 Å². The van der Waals surface area contributed by atoms with Crippen molar-refractivity contribution >= 4 is 55.0 Å². The van der Waals surface area contributed by atoms with Gasteiger partial charge in [0.1, 0.15) is 5.75 Å². The molecule has 0 heterocycles. The highest BCUT2D eigenvalue weighted by atomic mass is 79.9. The number of benzene rings is 2. The van der Waals surface area contributed by atoms with Gasteiger partial charge in [-0.2, -0.15) is 0 Å². The molecule has 28 heavy (non-hydrogen) atoms. The number of anilines is 2. The molecular weight excluding hydrogens is 488 g/mol. The van der Waals surface area contributed by atoms with Crippen LogP contribution in [0, 0.1) is 5.92 Å². The van der Waals surface area contributed by atoms with Gasteiger partial charge >= 0.3 is 0 Å². The van der Waals surface area contributed by atoms with Crippen molar-refractivity contribution in [1.82, 2.24) is 0 Å². The molecular formula is C21H22Br2N2O3. The minimum atomic E-state index is -0.273. The SMILES string of the molecule is O=C(COc1ccc(Br)cc1Br)Nc1cccc(NC(=O)C2CCCCC2)c1. The minimum Gasteiger partial charge on any atom is -0.483 e. The molecule has 2 aromatic rings. The number of carbonyl (C=O) groups is 2. The molecule has 1 aliphatic carbocycles. The largest absolute Gasteiger partial charge is 0.483 e. The molecule has 0 bridgehead atoms. The predicted molar refractivity (Wildman–Crippen MR) is 118 cm³/mol. The summed E-state index contributed by atoms with van der Waals surface area (Å²) in [5, 5.41) is 5.76. The molecule has 1 fully saturated rings. The highest BCUT2D eigenvalue weighted by Gasteiger charge is 2.21. The Morgan fingerprint density at radius 1 is 0.964 bits per heavy atom. The highest BCUT2D eigenvalue weighted by molar-refractivity contribution is 9.11. The van der Waals surface area contributed by atoms with Gasteiger partial charge in [0.2, 0.25) is 5.91 Å². The third kappa shape index (κ3) is 6.07. The number of ether oxygens (including phenoxy) is 1. The molecule has 3 rings (SSSR count). The summed E-state index contributed by atoms with van der Waals surface area (Å²) in [5.74, 6) is 0.466. The van der Waals surface area contributed by atoms with Crippen molar-refractivity contribution in [2.45, 2.75) is 32.1 Å². The molecule has 0 unspecified atom stereocenters. The van der Waals surface area contributed by atoms with Gasteiger partial charge in [-0.1, -0.05) is 41.3 Å². The molecule has 2 amide bonds. The van der Waals surface area contributed by atoms with Crippen molar-refractivity contribution in [2.24, 2.45) is 5.92 Å². The molecule has 1 saturated carbocycles. The van der Waals surface area contributed by atoms with Crippen LogP contribution in [0.25, 0.3) is 0 Å². The second-order valence-corrected chi connectivity index (χ2v) is 8.59. The van der Waals surface area contributed by atoms with Crippen LogP contribution in [0.1, 0.15) is 32.1 Å². The second kappa shape index (κ2) is 10.1. The molecule has 148 valence electrons. The predicted octanol–water partition coefficient (Wildman–Crippen LogP) is 5.75. The standard InChI is InChI=1S/C21H22Br2N2O3/c22-15-9-10-19(18(23)11-15)28-13-20(26)24-16-7-4-8-17(12-16)25-21(27)14-5-2-1-3-6-14/h4,7-12,14H,1-3,5-6,13H2,(H,24,26)(H,25,27). The van der Waals surface area contributed by atoms with E-state index in [1.54, 1.807) is 24.3 Å². The van der Waals surface area contributed by atoms with Crippen LogP contribution >= 0.6 is 31.9 Å². The Hall–Kier alpha value is -1.86. The van der Waals surface area contributed by atoms with Crippen LogP contribution in [0.5, 0.6) is 5.75 Å². The minimum absolute atomic E-state index is 0.0617. The van der Waals surface area contributed by atoms with Crippen LogP contribution in [0.15, 0.2) is 51.4 Å². The Balaban J connectivity index is 1.53. The summed E-state index contributed by atoms with van der Waals surface area (Å²) in [5.41, 5.74) is 1.30. The van der Waals surface area contributed by atoms with E-state index in [1.807, 2.05) is 18.2 Å². The zero-order valence-corrected chi connectivity index (χ0v) is 18.5. The topological polar surface area (TPSA) is 67.4 Å². The Bertz CT molecular complexity index is 851. The van der Waals surface area contributed by atoms with Gasteiger partial charge < -0.3 is 15.4 Å². The van der Waals surface area contributed by atoms with Crippen LogP contribution in [-0.2, 0) is 9.59 Å².